The van der Waals surface area contributed by atoms with E-state index in [1.165, 1.54) is 0 Å². The summed E-state index contributed by atoms with van der Waals surface area (Å²) in [5, 5.41) is 0. The van der Waals surface area contributed by atoms with Crippen LogP contribution in [0.3, 0.4) is 0 Å². The molecular formula is C22H16N6. The molecule has 0 aliphatic carbocycles. The molecule has 0 aromatic heterocycles. The molecule has 6 nitrogen and oxygen atoms in total. The van der Waals surface area contributed by atoms with Crippen LogP contribution in [0.2, 0.25) is 0 Å². The Morgan fingerprint density at radius 3 is 1.25 bits per heavy atom. The first-order chi connectivity index (χ1) is 13.7. The van der Waals surface area contributed by atoms with Crippen LogP contribution in [0.4, 0.5) is 11.4 Å². The van der Waals surface area contributed by atoms with Gasteiger partial charge in [-0.1, -0.05) is 48.5 Å². The van der Waals surface area contributed by atoms with E-state index in [1.807, 2.05) is 72.8 Å². The van der Waals surface area contributed by atoms with Crippen molar-refractivity contribution in [3.05, 3.63) is 95.1 Å². The predicted molar refractivity (Wildman–Crippen MR) is 113 cm³/mol. The van der Waals surface area contributed by atoms with E-state index in [2.05, 4.69) is 20.0 Å². The number of amidine groups is 4. The second-order valence-corrected chi connectivity index (χ2v) is 6.47. The fraction of sp³-hybridized carbons (Fsp3) is 0. The molecule has 3 aromatic carbocycles. The molecule has 0 fully saturated rings. The Balaban J connectivity index is 1.45. The second-order valence-electron chi connectivity index (χ2n) is 6.47. The van der Waals surface area contributed by atoms with Gasteiger partial charge in [-0.05, 0) is 24.3 Å². The highest BCUT2D eigenvalue weighted by molar-refractivity contribution is 6.23. The Kier molecular flexibility index (Phi) is 3.62. The van der Waals surface area contributed by atoms with Gasteiger partial charge in [-0.15, -0.1) is 0 Å². The highest BCUT2D eigenvalue weighted by atomic mass is 15.0. The van der Waals surface area contributed by atoms with Crippen molar-refractivity contribution in [2.24, 2.45) is 31.4 Å². The Morgan fingerprint density at radius 1 is 0.500 bits per heavy atom. The van der Waals surface area contributed by atoms with Crippen LogP contribution in [-0.4, -0.2) is 23.3 Å². The molecule has 4 N–H and O–H groups in total. The molecule has 0 amide bonds. The van der Waals surface area contributed by atoms with Gasteiger partial charge in [0.1, 0.15) is 11.7 Å². The number of aliphatic imine (C=N–C) groups is 4. The topological polar surface area (TPSA) is 101 Å². The molecule has 0 radical (unpaired) electrons. The Morgan fingerprint density at radius 2 is 0.857 bits per heavy atom. The molecule has 0 saturated heterocycles. The maximum Gasteiger partial charge on any atom is 0.162 e. The lowest BCUT2D eigenvalue weighted by atomic mass is 10.1. The predicted octanol–water partition coefficient (Wildman–Crippen LogP) is 3.28. The summed E-state index contributed by atoms with van der Waals surface area (Å²) in [7, 11) is 0. The molecule has 28 heavy (non-hydrogen) atoms. The Hall–Kier alpha value is -4.06. The number of hydrogen-bond acceptors (Lipinski definition) is 4. The van der Waals surface area contributed by atoms with Crippen LogP contribution in [0.25, 0.3) is 0 Å². The third-order valence-electron chi connectivity index (χ3n) is 4.66. The lowest BCUT2D eigenvalue weighted by molar-refractivity contribution is 1.43. The summed E-state index contributed by atoms with van der Waals surface area (Å²) in [5.74, 6) is 2.23. The van der Waals surface area contributed by atoms with E-state index in [0.717, 1.165) is 33.6 Å². The number of nitrogens with two attached hydrogens (primary N) is 2. The van der Waals surface area contributed by atoms with E-state index in [0.29, 0.717) is 23.3 Å². The standard InChI is InChI=1S/C22H16N6/c23-19-15-5-1-3-7-17(15)21(27-19)25-13-9-11-14(12-10-13)26-22-18-8-4-2-6-16(18)20(24)28-22/h1-12H,(H2,23,25,27)(H2,24,26,28). The van der Waals surface area contributed by atoms with Gasteiger partial charge in [-0.25, -0.2) is 20.0 Å². The van der Waals surface area contributed by atoms with E-state index in [-0.39, 0.29) is 0 Å². The van der Waals surface area contributed by atoms with Crippen molar-refractivity contribution in [1.29, 1.82) is 0 Å². The van der Waals surface area contributed by atoms with Crippen LogP contribution >= 0.6 is 0 Å². The summed E-state index contributed by atoms with van der Waals surface area (Å²) in [6, 6.07) is 23.2. The Labute approximate surface area is 161 Å². The molecule has 0 saturated carbocycles. The van der Waals surface area contributed by atoms with Crippen molar-refractivity contribution in [2.45, 2.75) is 0 Å². The zero-order chi connectivity index (χ0) is 19.1. The third-order valence-corrected chi connectivity index (χ3v) is 4.66. The van der Waals surface area contributed by atoms with Crippen molar-refractivity contribution in [3.8, 4) is 0 Å². The lowest BCUT2D eigenvalue weighted by Crippen LogP contribution is -2.09. The quantitative estimate of drug-likeness (QED) is 0.729. The number of rotatable bonds is 2. The van der Waals surface area contributed by atoms with Crippen molar-refractivity contribution in [1.82, 2.24) is 0 Å². The summed E-state index contributed by atoms with van der Waals surface area (Å²) < 4.78 is 0. The van der Waals surface area contributed by atoms with Crippen molar-refractivity contribution < 1.29 is 0 Å². The van der Waals surface area contributed by atoms with Crippen molar-refractivity contribution in [2.75, 3.05) is 0 Å². The van der Waals surface area contributed by atoms with Crippen LogP contribution in [0.1, 0.15) is 22.3 Å². The number of benzene rings is 3. The fourth-order valence-electron chi connectivity index (χ4n) is 3.29. The molecule has 0 bridgehead atoms. The Bertz CT molecular complexity index is 1120. The molecule has 0 atom stereocenters. The number of fused-ring (bicyclic) bond motifs is 2. The number of hydrogen-bond donors (Lipinski definition) is 2. The first kappa shape index (κ1) is 16.1. The van der Waals surface area contributed by atoms with Gasteiger partial charge >= 0.3 is 0 Å². The van der Waals surface area contributed by atoms with Gasteiger partial charge in [0.05, 0.1) is 11.4 Å². The maximum atomic E-state index is 5.98. The van der Waals surface area contributed by atoms with Crippen LogP contribution in [0.15, 0.2) is 92.8 Å². The highest BCUT2D eigenvalue weighted by Crippen LogP contribution is 2.25. The van der Waals surface area contributed by atoms with Gasteiger partial charge in [0.25, 0.3) is 0 Å². The van der Waals surface area contributed by atoms with Gasteiger partial charge in [-0.2, -0.15) is 0 Å². The summed E-state index contributed by atoms with van der Waals surface area (Å²) in [6.45, 7) is 0. The summed E-state index contributed by atoms with van der Waals surface area (Å²) in [6.07, 6.45) is 0. The van der Waals surface area contributed by atoms with E-state index < -0.39 is 0 Å². The largest absolute Gasteiger partial charge is 0.383 e. The minimum atomic E-state index is 0.493. The van der Waals surface area contributed by atoms with Crippen molar-refractivity contribution in [3.63, 3.8) is 0 Å². The molecule has 134 valence electrons. The van der Waals surface area contributed by atoms with Crippen LogP contribution in [-0.2, 0) is 0 Å². The van der Waals surface area contributed by atoms with E-state index >= 15 is 0 Å². The van der Waals surface area contributed by atoms with E-state index in [9.17, 15) is 0 Å². The van der Waals surface area contributed by atoms with Gasteiger partial charge in [0, 0.05) is 22.3 Å². The molecule has 5 rings (SSSR count). The molecule has 6 heteroatoms. The average molecular weight is 364 g/mol. The van der Waals surface area contributed by atoms with Gasteiger partial charge in [0.2, 0.25) is 0 Å². The van der Waals surface area contributed by atoms with Crippen LogP contribution < -0.4 is 11.5 Å². The smallest absolute Gasteiger partial charge is 0.162 e. The zero-order valence-corrected chi connectivity index (χ0v) is 14.9. The number of nitrogens with zero attached hydrogens (tertiary/aromatic N) is 4. The molecule has 2 aliphatic heterocycles. The zero-order valence-electron chi connectivity index (χ0n) is 14.9. The van der Waals surface area contributed by atoms with Gasteiger partial charge in [-0.3, -0.25) is 0 Å². The van der Waals surface area contributed by atoms with Crippen molar-refractivity contribution >= 4 is 34.7 Å². The molecule has 0 spiro atoms. The molecule has 2 aliphatic rings. The molecular weight excluding hydrogens is 348 g/mol. The van der Waals surface area contributed by atoms with Gasteiger partial charge in [0.15, 0.2) is 11.7 Å². The van der Waals surface area contributed by atoms with E-state index in [4.69, 9.17) is 11.5 Å². The summed E-state index contributed by atoms with van der Waals surface area (Å²) >= 11 is 0. The maximum absolute atomic E-state index is 5.98. The monoisotopic (exact) mass is 364 g/mol. The lowest BCUT2D eigenvalue weighted by Gasteiger charge is -2.01. The molecule has 3 aromatic rings. The second kappa shape index (κ2) is 6.28. The normalized spacial score (nSPS) is 17.4. The average Bonchev–Trinajstić information content (AvgIpc) is 3.21. The molecule has 2 heterocycles. The minimum absolute atomic E-state index is 0.493. The summed E-state index contributed by atoms with van der Waals surface area (Å²) in [4.78, 5) is 18.0. The van der Waals surface area contributed by atoms with Gasteiger partial charge < -0.3 is 11.5 Å². The highest BCUT2D eigenvalue weighted by Gasteiger charge is 2.19. The molecule has 0 unspecified atom stereocenters. The third kappa shape index (κ3) is 2.68. The first-order valence-electron chi connectivity index (χ1n) is 8.84. The van der Waals surface area contributed by atoms with Crippen LogP contribution in [0, 0.1) is 0 Å². The SMILES string of the molecule is NC1=NC(=Nc2ccc(N=C3N=C(N)c4ccccc43)cc2)c2ccccc21. The van der Waals surface area contributed by atoms with E-state index in [1.54, 1.807) is 0 Å². The minimum Gasteiger partial charge on any atom is -0.383 e. The summed E-state index contributed by atoms with van der Waals surface area (Å²) in [5.41, 5.74) is 17.2. The fourth-order valence-corrected chi connectivity index (χ4v) is 3.29. The van der Waals surface area contributed by atoms with Crippen LogP contribution in [0.5, 0.6) is 0 Å². The first-order valence-corrected chi connectivity index (χ1v) is 8.84.